The van der Waals surface area contributed by atoms with E-state index in [9.17, 15) is 4.79 Å². The summed E-state index contributed by atoms with van der Waals surface area (Å²) in [6.45, 7) is 4.90. The first-order valence-electron chi connectivity index (χ1n) is 12.7. The minimum absolute atomic E-state index is 0.0400. The smallest absolute Gasteiger partial charge is 0.274 e. The second kappa shape index (κ2) is 9.99. The lowest BCUT2D eigenvalue weighted by molar-refractivity contribution is 0.0591. The molecule has 184 valence electrons. The van der Waals surface area contributed by atoms with Crippen molar-refractivity contribution in [1.29, 1.82) is 0 Å². The second-order valence-electron chi connectivity index (χ2n) is 9.50. The number of hydrogen-bond donors (Lipinski definition) is 0. The molecule has 1 fully saturated rings. The van der Waals surface area contributed by atoms with Crippen LogP contribution in [-0.2, 0) is 0 Å². The van der Waals surface area contributed by atoms with Crippen LogP contribution in [0.25, 0.3) is 16.9 Å². The summed E-state index contributed by atoms with van der Waals surface area (Å²) >= 11 is 0. The Morgan fingerprint density at radius 1 is 0.757 bits per heavy atom. The Morgan fingerprint density at radius 2 is 1.32 bits per heavy atom. The number of carbonyl (C=O) groups excluding carboxylic acids is 1. The van der Waals surface area contributed by atoms with E-state index in [0.717, 1.165) is 30.0 Å². The molecule has 0 bridgehead atoms. The van der Waals surface area contributed by atoms with E-state index in [-0.39, 0.29) is 11.9 Å². The molecule has 1 aliphatic heterocycles. The summed E-state index contributed by atoms with van der Waals surface area (Å²) in [6, 6.07) is 35.3. The van der Waals surface area contributed by atoms with Crippen LogP contribution < -0.4 is 0 Å². The Hall–Kier alpha value is -4.29. The van der Waals surface area contributed by atoms with Crippen LogP contribution in [0.1, 0.15) is 33.4 Å². The average Bonchev–Trinajstić information content (AvgIpc) is 3.40. The van der Waals surface area contributed by atoms with Crippen LogP contribution in [0.15, 0.2) is 103 Å². The van der Waals surface area contributed by atoms with E-state index >= 15 is 0 Å². The third-order valence-electron chi connectivity index (χ3n) is 7.09. The van der Waals surface area contributed by atoms with Crippen molar-refractivity contribution >= 4 is 11.6 Å². The molecule has 37 heavy (non-hydrogen) atoms. The highest BCUT2D eigenvalue weighted by molar-refractivity contribution is 5.93. The molecule has 0 atom stereocenters. The predicted octanol–water partition coefficient (Wildman–Crippen LogP) is 5.25. The normalized spacial score (nSPS) is 14.4. The van der Waals surface area contributed by atoms with E-state index in [4.69, 9.17) is 4.98 Å². The summed E-state index contributed by atoms with van der Waals surface area (Å²) < 4.78 is 1.76. The molecule has 0 spiro atoms. The first-order valence-corrected chi connectivity index (χ1v) is 12.7. The molecule has 6 rings (SSSR count). The van der Waals surface area contributed by atoms with Crippen LogP contribution in [-0.4, -0.2) is 56.5 Å². The number of rotatable bonds is 5. The molecule has 0 N–H and O–H groups in total. The van der Waals surface area contributed by atoms with Crippen LogP contribution >= 0.6 is 0 Å². The third kappa shape index (κ3) is 4.63. The molecule has 0 unspecified atom stereocenters. The van der Waals surface area contributed by atoms with Crippen molar-refractivity contribution in [2.24, 2.45) is 0 Å². The topological polar surface area (TPSA) is 53.7 Å². The highest BCUT2D eigenvalue weighted by Crippen LogP contribution is 2.29. The van der Waals surface area contributed by atoms with Crippen LogP contribution in [0.2, 0.25) is 0 Å². The Bertz CT molecular complexity index is 1470. The maximum atomic E-state index is 13.5. The quantitative estimate of drug-likeness (QED) is 0.340. The number of piperazine rings is 1. The lowest BCUT2D eigenvalue weighted by atomic mass is 9.96. The van der Waals surface area contributed by atoms with Gasteiger partial charge in [0, 0.05) is 43.5 Å². The number of carbonyl (C=O) groups is 1. The Morgan fingerprint density at radius 3 is 1.92 bits per heavy atom. The molecule has 1 aliphatic rings. The van der Waals surface area contributed by atoms with Gasteiger partial charge in [0.05, 0.1) is 11.7 Å². The molecule has 0 radical (unpaired) electrons. The van der Waals surface area contributed by atoms with E-state index in [1.165, 1.54) is 11.1 Å². The molecular formula is C31H29N5O. The number of benzene rings is 3. The molecule has 0 saturated carbocycles. The van der Waals surface area contributed by atoms with Gasteiger partial charge >= 0.3 is 0 Å². The molecule has 3 aromatic carbocycles. The van der Waals surface area contributed by atoms with Gasteiger partial charge in [-0.1, -0.05) is 91.0 Å². The summed E-state index contributed by atoms with van der Waals surface area (Å²) in [5.41, 5.74) is 6.54. The highest BCUT2D eigenvalue weighted by atomic mass is 16.2. The first-order chi connectivity index (χ1) is 18.2. The Kier molecular flexibility index (Phi) is 6.25. The fourth-order valence-electron chi connectivity index (χ4n) is 5.22. The van der Waals surface area contributed by atoms with Crippen molar-refractivity contribution in [2.75, 3.05) is 26.2 Å². The van der Waals surface area contributed by atoms with E-state index in [1.807, 2.05) is 54.3 Å². The van der Waals surface area contributed by atoms with Gasteiger partial charge in [0.2, 0.25) is 0 Å². The van der Waals surface area contributed by atoms with Crippen LogP contribution in [0.3, 0.4) is 0 Å². The lowest BCUT2D eigenvalue weighted by Crippen LogP contribution is -2.50. The Balaban J connectivity index is 1.21. The van der Waals surface area contributed by atoms with Crippen molar-refractivity contribution in [3.05, 3.63) is 126 Å². The zero-order valence-corrected chi connectivity index (χ0v) is 20.9. The summed E-state index contributed by atoms with van der Waals surface area (Å²) in [4.78, 5) is 22.6. The zero-order valence-electron chi connectivity index (χ0n) is 20.9. The van der Waals surface area contributed by atoms with Crippen molar-refractivity contribution in [1.82, 2.24) is 24.4 Å². The number of aromatic nitrogens is 3. The predicted molar refractivity (Wildman–Crippen MR) is 145 cm³/mol. The van der Waals surface area contributed by atoms with Crippen molar-refractivity contribution in [3.63, 3.8) is 0 Å². The van der Waals surface area contributed by atoms with Gasteiger partial charge < -0.3 is 4.90 Å². The summed E-state index contributed by atoms with van der Waals surface area (Å²) in [5, 5.41) is 4.62. The maximum Gasteiger partial charge on any atom is 0.274 e. The number of hydrogen-bond acceptors (Lipinski definition) is 4. The monoisotopic (exact) mass is 487 g/mol. The first kappa shape index (κ1) is 23.1. The van der Waals surface area contributed by atoms with E-state index in [1.54, 1.807) is 4.52 Å². The van der Waals surface area contributed by atoms with Crippen LogP contribution in [0, 0.1) is 6.92 Å². The number of aryl methyl sites for hydroxylation is 1. The van der Waals surface area contributed by atoms with Crippen LogP contribution in [0.4, 0.5) is 0 Å². The van der Waals surface area contributed by atoms with Gasteiger partial charge in [-0.2, -0.15) is 5.10 Å². The van der Waals surface area contributed by atoms with Gasteiger partial charge in [-0.25, -0.2) is 9.50 Å². The lowest BCUT2D eigenvalue weighted by Gasteiger charge is -2.39. The molecule has 1 amide bonds. The molecule has 6 heteroatoms. The van der Waals surface area contributed by atoms with Crippen LogP contribution in [0.5, 0.6) is 0 Å². The van der Waals surface area contributed by atoms with E-state index in [2.05, 4.69) is 70.7 Å². The number of nitrogens with zero attached hydrogens (tertiary/aromatic N) is 5. The summed E-state index contributed by atoms with van der Waals surface area (Å²) in [5.74, 6) is -0.0400. The van der Waals surface area contributed by atoms with Crippen molar-refractivity contribution in [3.8, 4) is 11.3 Å². The van der Waals surface area contributed by atoms with Gasteiger partial charge in [-0.05, 0) is 24.1 Å². The Labute approximate surface area is 216 Å². The van der Waals surface area contributed by atoms with Gasteiger partial charge in [0.15, 0.2) is 11.3 Å². The number of fused-ring (bicyclic) bond motifs is 1. The van der Waals surface area contributed by atoms with E-state index < -0.39 is 0 Å². The maximum absolute atomic E-state index is 13.5. The molecule has 1 saturated heterocycles. The van der Waals surface area contributed by atoms with Gasteiger partial charge in [0.25, 0.3) is 5.91 Å². The largest absolute Gasteiger partial charge is 0.335 e. The average molecular weight is 488 g/mol. The minimum Gasteiger partial charge on any atom is -0.335 e. The molecular weight excluding hydrogens is 458 g/mol. The van der Waals surface area contributed by atoms with E-state index in [0.29, 0.717) is 24.4 Å². The molecule has 6 nitrogen and oxygen atoms in total. The molecule has 3 heterocycles. The van der Waals surface area contributed by atoms with Crippen molar-refractivity contribution < 1.29 is 4.79 Å². The van der Waals surface area contributed by atoms with Gasteiger partial charge in [0.1, 0.15) is 0 Å². The zero-order chi connectivity index (χ0) is 25.2. The standard InChI is InChI=1S/C31H29N5O/c1-23-21-27(24-11-5-2-6-12-24)32-29-22-28(33-36(23)29)31(37)35-19-17-34(18-20-35)30(25-13-7-3-8-14-25)26-15-9-4-10-16-26/h2-16,21-22,30H,17-20H2,1H3. The van der Waals surface area contributed by atoms with Crippen molar-refractivity contribution in [2.45, 2.75) is 13.0 Å². The number of amides is 1. The third-order valence-corrected chi connectivity index (χ3v) is 7.09. The SMILES string of the molecule is Cc1cc(-c2ccccc2)nc2cc(C(=O)N3CCN(C(c4ccccc4)c4ccccc4)CC3)nn12. The fraction of sp³-hybridized carbons (Fsp3) is 0.194. The molecule has 0 aliphatic carbocycles. The summed E-state index contributed by atoms with van der Waals surface area (Å²) in [7, 11) is 0. The fourth-order valence-corrected chi connectivity index (χ4v) is 5.22. The molecule has 5 aromatic rings. The summed E-state index contributed by atoms with van der Waals surface area (Å²) in [6.07, 6.45) is 0. The molecule has 2 aromatic heterocycles. The van der Waals surface area contributed by atoms with Gasteiger partial charge in [-0.15, -0.1) is 0 Å². The highest BCUT2D eigenvalue weighted by Gasteiger charge is 2.29. The van der Waals surface area contributed by atoms with Gasteiger partial charge in [-0.3, -0.25) is 9.69 Å². The minimum atomic E-state index is -0.0400. The second-order valence-corrected chi connectivity index (χ2v) is 9.50.